The fraction of sp³-hybridized carbons (Fsp3) is 0.688. The Morgan fingerprint density at radius 3 is 2.09 bits per heavy atom. The van der Waals surface area contributed by atoms with Crippen molar-refractivity contribution in [2.45, 2.75) is 52.1 Å². The van der Waals surface area contributed by atoms with Crippen molar-refractivity contribution in [3.63, 3.8) is 0 Å². The van der Waals surface area contributed by atoms with Crippen molar-refractivity contribution < 1.29 is 17.6 Å². The van der Waals surface area contributed by atoms with Crippen LogP contribution in [0.4, 0.5) is 29.1 Å². The fourth-order valence-electron chi connectivity index (χ4n) is 3.21. The predicted molar refractivity (Wildman–Crippen MR) is 83.0 cm³/mol. The second-order valence-electron chi connectivity index (χ2n) is 7.19. The van der Waals surface area contributed by atoms with Gasteiger partial charge in [0.25, 0.3) is 0 Å². The molecule has 2 rings (SSSR count). The standard InChI is InChI=1S/C16H23F4N3/c1-9-11(15(2,3)4)14(22-13(17)12(9)21)23-7-5-10(6-8-23)16(18,19)20/h10H,5-8,21H2,1-4H3. The van der Waals surface area contributed by atoms with Crippen molar-refractivity contribution in [3.8, 4) is 0 Å². The first-order valence-corrected chi connectivity index (χ1v) is 7.70. The molecule has 130 valence electrons. The quantitative estimate of drug-likeness (QED) is 0.619. The summed E-state index contributed by atoms with van der Waals surface area (Å²) in [5.74, 6) is -1.64. The summed E-state index contributed by atoms with van der Waals surface area (Å²) < 4.78 is 52.4. The molecule has 7 heteroatoms. The fourth-order valence-corrected chi connectivity index (χ4v) is 3.21. The van der Waals surface area contributed by atoms with Gasteiger partial charge in [-0.05, 0) is 30.7 Å². The van der Waals surface area contributed by atoms with E-state index in [0.29, 0.717) is 11.4 Å². The Morgan fingerprint density at radius 1 is 1.13 bits per heavy atom. The highest BCUT2D eigenvalue weighted by molar-refractivity contribution is 5.62. The van der Waals surface area contributed by atoms with E-state index in [1.165, 1.54) is 0 Å². The molecule has 1 aromatic heterocycles. The summed E-state index contributed by atoms with van der Waals surface area (Å²) in [4.78, 5) is 5.71. The van der Waals surface area contributed by atoms with Gasteiger partial charge in [-0.1, -0.05) is 20.8 Å². The molecule has 0 aliphatic carbocycles. The zero-order valence-corrected chi connectivity index (χ0v) is 13.9. The van der Waals surface area contributed by atoms with E-state index in [0.717, 1.165) is 5.56 Å². The lowest BCUT2D eigenvalue weighted by molar-refractivity contribution is -0.179. The normalized spacial score (nSPS) is 17.7. The Hall–Kier alpha value is -1.53. The molecule has 0 aromatic carbocycles. The predicted octanol–water partition coefficient (Wildman–Crippen LogP) is 4.19. The van der Waals surface area contributed by atoms with Gasteiger partial charge >= 0.3 is 6.18 Å². The van der Waals surface area contributed by atoms with E-state index in [1.54, 1.807) is 11.8 Å². The number of anilines is 2. The van der Waals surface area contributed by atoms with Gasteiger partial charge in [-0.3, -0.25) is 0 Å². The second kappa shape index (κ2) is 5.83. The van der Waals surface area contributed by atoms with Crippen molar-refractivity contribution >= 4 is 11.5 Å². The lowest BCUT2D eigenvalue weighted by Crippen LogP contribution is -2.40. The summed E-state index contributed by atoms with van der Waals surface area (Å²) >= 11 is 0. The van der Waals surface area contributed by atoms with Gasteiger partial charge in [0.05, 0.1) is 11.6 Å². The molecule has 0 unspecified atom stereocenters. The Balaban J connectivity index is 2.38. The summed E-state index contributed by atoms with van der Waals surface area (Å²) in [5.41, 5.74) is 6.82. The highest BCUT2D eigenvalue weighted by Crippen LogP contribution is 2.40. The summed E-state index contributed by atoms with van der Waals surface area (Å²) in [6.45, 7) is 8.03. The molecule has 1 aliphatic heterocycles. The number of rotatable bonds is 1. The molecular formula is C16H23F4N3. The molecule has 0 bridgehead atoms. The zero-order chi connectivity index (χ0) is 17.6. The van der Waals surface area contributed by atoms with Crippen LogP contribution in [0.3, 0.4) is 0 Å². The second-order valence-corrected chi connectivity index (χ2v) is 7.19. The van der Waals surface area contributed by atoms with Crippen LogP contribution in [0.1, 0.15) is 44.7 Å². The van der Waals surface area contributed by atoms with Gasteiger partial charge < -0.3 is 10.6 Å². The Labute approximate surface area is 133 Å². The van der Waals surface area contributed by atoms with Crippen LogP contribution in [0.5, 0.6) is 0 Å². The molecule has 2 N–H and O–H groups in total. The largest absolute Gasteiger partial charge is 0.395 e. The summed E-state index contributed by atoms with van der Waals surface area (Å²) in [7, 11) is 0. The number of alkyl halides is 3. The van der Waals surface area contributed by atoms with Crippen molar-refractivity contribution in [3.05, 3.63) is 17.1 Å². The van der Waals surface area contributed by atoms with Gasteiger partial charge in [0.15, 0.2) is 0 Å². The molecule has 23 heavy (non-hydrogen) atoms. The molecular weight excluding hydrogens is 310 g/mol. The first-order valence-electron chi connectivity index (χ1n) is 7.70. The third-order valence-electron chi connectivity index (χ3n) is 4.44. The minimum Gasteiger partial charge on any atom is -0.395 e. The maximum absolute atomic E-state index is 14.0. The molecule has 0 saturated carbocycles. The number of halogens is 4. The first kappa shape index (κ1) is 17.8. The van der Waals surface area contributed by atoms with E-state index in [2.05, 4.69) is 4.98 Å². The zero-order valence-electron chi connectivity index (χ0n) is 13.9. The number of pyridine rings is 1. The Bertz CT molecular complexity index is 582. The number of nitrogens with two attached hydrogens (primary N) is 1. The van der Waals surface area contributed by atoms with Crippen molar-refractivity contribution in [1.29, 1.82) is 0 Å². The number of piperidine rings is 1. The molecule has 2 heterocycles. The minimum atomic E-state index is -4.17. The minimum absolute atomic E-state index is 0.000193. The third-order valence-corrected chi connectivity index (χ3v) is 4.44. The molecule has 3 nitrogen and oxygen atoms in total. The highest BCUT2D eigenvalue weighted by Gasteiger charge is 2.42. The SMILES string of the molecule is Cc1c(N)c(F)nc(N2CCC(C(F)(F)F)CC2)c1C(C)(C)C. The van der Waals surface area contributed by atoms with Crippen LogP contribution in [-0.2, 0) is 5.41 Å². The van der Waals surface area contributed by atoms with Crippen LogP contribution in [-0.4, -0.2) is 24.2 Å². The number of nitrogens with zero attached hydrogens (tertiary/aromatic N) is 2. The van der Waals surface area contributed by atoms with Gasteiger partial charge in [0, 0.05) is 18.7 Å². The van der Waals surface area contributed by atoms with Crippen molar-refractivity contribution in [2.24, 2.45) is 5.92 Å². The maximum atomic E-state index is 14.0. The van der Waals surface area contributed by atoms with Gasteiger partial charge in [0.1, 0.15) is 5.82 Å². The average molecular weight is 333 g/mol. The van der Waals surface area contributed by atoms with Gasteiger partial charge in [-0.25, -0.2) is 4.98 Å². The average Bonchev–Trinajstić information content (AvgIpc) is 2.42. The Morgan fingerprint density at radius 2 is 1.65 bits per heavy atom. The Kier molecular flexibility index (Phi) is 4.52. The van der Waals surface area contributed by atoms with Gasteiger partial charge in [-0.15, -0.1) is 0 Å². The topological polar surface area (TPSA) is 42.1 Å². The van der Waals surface area contributed by atoms with Gasteiger partial charge in [-0.2, -0.15) is 17.6 Å². The third kappa shape index (κ3) is 3.53. The van der Waals surface area contributed by atoms with Crippen LogP contribution in [0.2, 0.25) is 0 Å². The highest BCUT2D eigenvalue weighted by atomic mass is 19.4. The smallest absolute Gasteiger partial charge is 0.391 e. The van der Waals surface area contributed by atoms with Crippen LogP contribution in [0.25, 0.3) is 0 Å². The van der Waals surface area contributed by atoms with Crippen LogP contribution in [0, 0.1) is 18.8 Å². The van der Waals surface area contributed by atoms with Crippen molar-refractivity contribution in [1.82, 2.24) is 4.98 Å². The number of nitrogen functional groups attached to an aromatic ring is 1. The van der Waals surface area contributed by atoms with Crippen LogP contribution >= 0.6 is 0 Å². The number of aromatic nitrogens is 1. The molecule has 1 aliphatic rings. The monoisotopic (exact) mass is 333 g/mol. The van der Waals surface area contributed by atoms with Crippen molar-refractivity contribution in [2.75, 3.05) is 23.7 Å². The van der Waals surface area contributed by atoms with Crippen LogP contribution < -0.4 is 10.6 Å². The molecule has 1 aromatic rings. The molecule has 0 spiro atoms. The van der Waals surface area contributed by atoms with E-state index in [9.17, 15) is 17.6 Å². The van der Waals surface area contributed by atoms with E-state index in [4.69, 9.17) is 5.73 Å². The van der Waals surface area contributed by atoms with E-state index >= 15 is 0 Å². The first-order chi connectivity index (χ1) is 10.4. The van der Waals surface area contributed by atoms with E-state index in [-0.39, 0.29) is 37.0 Å². The van der Waals surface area contributed by atoms with E-state index in [1.807, 2.05) is 20.8 Å². The van der Waals surface area contributed by atoms with Gasteiger partial charge in [0.2, 0.25) is 5.95 Å². The lowest BCUT2D eigenvalue weighted by atomic mass is 9.83. The number of hydrogen-bond donors (Lipinski definition) is 1. The summed E-state index contributed by atoms with van der Waals surface area (Å²) in [6, 6.07) is 0. The molecule has 0 amide bonds. The lowest BCUT2D eigenvalue weighted by Gasteiger charge is -2.37. The maximum Gasteiger partial charge on any atom is 0.391 e. The summed E-state index contributed by atoms with van der Waals surface area (Å²) in [5, 5.41) is 0. The molecule has 1 saturated heterocycles. The molecule has 0 radical (unpaired) electrons. The molecule has 1 fully saturated rings. The molecule has 0 atom stereocenters. The summed E-state index contributed by atoms with van der Waals surface area (Å²) in [6.07, 6.45) is -4.17. The van der Waals surface area contributed by atoms with Crippen LogP contribution in [0.15, 0.2) is 0 Å². The van der Waals surface area contributed by atoms with E-state index < -0.39 is 18.0 Å². The number of hydrogen-bond acceptors (Lipinski definition) is 3.